The van der Waals surface area contributed by atoms with Gasteiger partial charge in [-0.15, -0.1) is 24.0 Å². The molecule has 9 heteroatoms. The Hall–Kier alpha value is -0.130. The van der Waals surface area contributed by atoms with Crippen LogP contribution in [-0.4, -0.2) is 63.4 Å². The van der Waals surface area contributed by atoms with Crippen LogP contribution in [0.2, 0.25) is 0 Å². The first-order valence-electron chi connectivity index (χ1n) is 6.46. The molecule has 20 heavy (non-hydrogen) atoms. The third kappa shape index (κ3) is 7.60. The second kappa shape index (κ2) is 9.00. The first-order valence-corrected chi connectivity index (χ1v) is 8.12. The van der Waals surface area contributed by atoms with E-state index in [4.69, 9.17) is 10.5 Å². The molecule has 1 heterocycles. The fourth-order valence-electron chi connectivity index (χ4n) is 1.82. The Bertz CT molecular complexity index is 414. The van der Waals surface area contributed by atoms with Crippen LogP contribution in [0.4, 0.5) is 0 Å². The minimum atomic E-state index is -3.27. The van der Waals surface area contributed by atoms with Gasteiger partial charge in [-0.25, -0.2) is 13.1 Å². The number of sulfonamides is 1. The summed E-state index contributed by atoms with van der Waals surface area (Å²) >= 11 is 0. The number of hydrogen-bond donors (Lipinski definition) is 2. The fraction of sp³-hybridized carbons (Fsp3) is 0.909. The highest BCUT2D eigenvalue weighted by Crippen LogP contribution is 2.03. The third-order valence-corrected chi connectivity index (χ3v) is 4.16. The molecule has 1 rings (SSSR count). The highest BCUT2D eigenvalue weighted by Gasteiger charge is 2.18. The molecule has 120 valence electrons. The highest BCUT2D eigenvalue weighted by molar-refractivity contribution is 14.0. The molecule has 1 unspecified atom stereocenters. The first kappa shape index (κ1) is 19.9. The van der Waals surface area contributed by atoms with E-state index in [0.29, 0.717) is 25.7 Å². The van der Waals surface area contributed by atoms with Crippen molar-refractivity contribution in [3.05, 3.63) is 0 Å². The van der Waals surface area contributed by atoms with Gasteiger partial charge in [0.15, 0.2) is 5.96 Å². The Kier molecular flexibility index (Phi) is 8.95. The van der Waals surface area contributed by atoms with Gasteiger partial charge < -0.3 is 15.4 Å². The standard InChI is InChI=1S/C11H24N4O3S.HI/c1-9(2)14-19(16,17)7-4-13-11(12)15-5-6-18-10(3)8-15;/h9-10,14H,4-8H2,1-3H3,(H2,12,13);1H. The minimum absolute atomic E-state index is 0. The van der Waals surface area contributed by atoms with Gasteiger partial charge in [-0.2, -0.15) is 0 Å². The van der Waals surface area contributed by atoms with Crippen LogP contribution < -0.4 is 10.5 Å². The highest BCUT2D eigenvalue weighted by atomic mass is 127. The van der Waals surface area contributed by atoms with Gasteiger partial charge in [0.05, 0.1) is 25.0 Å². The average molecular weight is 420 g/mol. The maximum atomic E-state index is 11.6. The molecule has 3 N–H and O–H groups in total. The van der Waals surface area contributed by atoms with E-state index in [-0.39, 0.29) is 48.4 Å². The molecule has 1 aliphatic heterocycles. The minimum Gasteiger partial charge on any atom is -0.375 e. The second-order valence-corrected chi connectivity index (χ2v) is 6.83. The van der Waals surface area contributed by atoms with Crippen molar-refractivity contribution in [1.82, 2.24) is 9.62 Å². The van der Waals surface area contributed by atoms with Crippen molar-refractivity contribution < 1.29 is 13.2 Å². The number of nitrogens with one attached hydrogen (secondary N) is 1. The smallest absolute Gasteiger partial charge is 0.213 e. The summed E-state index contributed by atoms with van der Waals surface area (Å²) in [6, 6.07) is -0.105. The summed E-state index contributed by atoms with van der Waals surface area (Å²) in [7, 11) is -3.27. The molecule has 0 amide bonds. The monoisotopic (exact) mass is 420 g/mol. The zero-order valence-corrected chi connectivity index (χ0v) is 15.4. The topological polar surface area (TPSA) is 97.0 Å². The maximum Gasteiger partial charge on any atom is 0.213 e. The number of halogens is 1. The van der Waals surface area contributed by atoms with Crippen LogP contribution >= 0.6 is 24.0 Å². The molecule has 0 aliphatic carbocycles. The van der Waals surface area contributed by atoms with Crippen LogP contribution in [0, 0.1) is 0 Å². The Morgan fingerprint density at radius 3 is 2.75 bits per heavy atom. The van der Waals surface area contributed by atoms with Gasteiger partial charge in [0.25, 0.3) is 0 Å². The van der Waals surface area contributed by atoms with E-state index in [1.807, 2.05) is 11.8 Å². The summed E-state index contributed by atoms with van der Waals surface area (Å²) in [4.78, 5) is 6.03. The zero-order chi connectivity index (χ0) is 14.5. The molecule has 0 aromatic heterocycles. The Morgan fingerprint density at radius 2 is 2.20 bits per heavy atom. The van der Waals surface area contributed by atoms with E-state index >= 15 is 0 Å². The van der Waals surface area contributed by atoms with E-state index in [9.17, 15) is 8.42 Å². The number of hydrogen-bond acceptors (Lipinski definition) is 4. The quantitative estimate of drug-likeness (QED) is 0.370. The summed E-state index contributed by atoms with van der Waals surface area (Å²) < 4.78 is 31.1. The number of rotatable bonds is 5. The molecule has 1 aliphatic rings. The lowest BCUT2D eigenvalue weighted by atomic mass is 10.3. The summed E-state index contributed by atoms with van der Waals surface area (Å²) in [5.74, 6) is 0.334. The number of guanidine groups is 1. The molecular weight excluding hydrogens is 395 g/mol. The van der Waals surface area contributed by atoms with Gasteiger partial charge in [-0.05, 0) is 20.8 Å². The molecule has 7 nitrogen and oxygen atoms in total. The van der Waals surface area contributed by atoms with Crippen LogP contribution in [0.15, 0.2) is 4.99 Å². The molecular formula is C11H25IN4O3S. The number of ether oxygens (including phenoxy) is 1. The van der Waals surface area contributed by atoms with E-state index in [2.05, 4.69) is 9.71 Å². The molecule has 0 aromatic carbocycles. The van der Waals surface area contributed by atoms with Gasteiger partial charge in [0, 0.05) is 19.1 Å². The van der Waals surface area contributed by atoms with Crippen molar-refractivity contribution in [1.29, 1.82) is 0 Å². The van der Waals surface area contributed by atoms with Crippen LogP contribution in [0.25, 0.3) is 0 Å². The molecule has 0 radical (unpaired) electrons. The van der Waals surface area contributed by atoms with Gasteiger partial charge in [0.2, 0.25) is 10.0 Å². The summed E-state index contributed by atoms with van der Waals surface area (Å²) in [6.45, 7) is 7.69. The van der Waals surface area contributed by atoms with Crippen LogP contribution in [0.5, 0.6) is 0 Å². The van der Waals surface area contributed by atoms with Crippen molar-refractivity contribution in [3.63, 3.8) is 0 Å². The number of nitrogens with two attached hydrogens (primary N) is 1. The van der Waals surface area contributed by atoms with E-state index in [0.717, 1.165) is 0 Å². The molecule has 0 saturated carbocycles. The molecule has 0 bridgehead atoms. The van der Waals surface area contributed by atoms with E-state index in [1.165, 1.54) is 0 Å². The SMILES string of the molecule is CC(C)NS(=O)(=O)CCN=C(N)N1CCOC(C)C1.I. The van der Waals surface area contributed by atoms with Crippen LogP contribution in [0.3, 0.4) is 0 Å². The number of aliphatic imine (C=N–C) groups is 1. The van der Waals surface area contributed by atoms with Crippen LogP contribution in [0.1, 0.15) is 20.8 Å². The van der Waals surface area contributed by atoms with Gasteiger partial charge in [-0.3, -0.25) is 4.99 Å². The summed E-state index contributed by atoms with van der Waals surface area (Å²) in [5.41, 5.74) is 5.85. The normalized spacial score (nSPS) is 20.9. The van der Waals surface area contributed by atoms with Gasteiger partial charge in [-0.1, -0.05) is 0 Å². The lowest BCUT2D eigenvalue weighted by Gasteiger charge is -2.31. The molecule has 1 fully saturated rings. The summed E-state index contributed by atoms with van der Waals surface area (Å²) in [5, 5.41) is 0. The zero-order valence-electron chi connectivity index (χ0n) is 12.2. The average Bonchev–Trinajstić information content (AvgIpc) is 2.26. The Balaban J connectivity index is 0.00000361. The van der Waals surface area contributed by atoms with Crippen LogP contribution in [-0.2, 0) is 14.8 Å². The van der Waals surface area contributed by atoms with E-state index in [1.54, 1.807) is 13.8 Å². The predicted octanol–water partition coefficient (Wildman–Crippen LogP) is -0.0324. The van der Waals surface area contributed by atoms with Gasteiger partial charge in [0.1, 0.15) is 0 Å². The maximum absolute atomic E-state index is 11.6. The third-order valence-electron chi connectivity index (χ3n) is 2.61. The Morgan fingerprint density at radius 1 is 1.55 bits per heavy atom. The van der Waals surface area contributed by atoms with Crippen molar-refractivity contribution in [2.24, 2.45) is 10.7 Å². The number of morpholine rings is 1. The van der Waals surface area contributed by atoms with Crippen molar-refractivity contribution in [2.75, 3.05) is 32.0 Å². The van der Waals surface area contributed by atoms with Gasteiger partial charge >= 0.3 is 0 Å². The van der Waals surface area contributed by atoms with Crippen molar-refractivity contribution in [2.45, 2.75) is 32.9 Å². The van der Waals surface area contributed by atoms with E-state index < -0.39 is 10.0 Å². The molecule has 0 spiro atoms. The van der Waals surface area contributed by atoms with Crippen molar-refractivity contribution in [3.8, 4) is 0 Å². The molecule has 1 atom stereocenters. The lowest BCUT2D eigenvalue weighted by Crippen LogP contribution is -2.48. The first-order chi connectivity index (χ1) is 8.80. The molecule has 0 aromatic rings. The lowest BCUT2D eigenvalue weighted by molar-refractivity contribution is 0.00531. The fourth-order valence-corrected chi connectivity index (χ4v) is 2.99. The summed E-state index contributed by atoms with van der Waals surface area (Å²) in [6.07, 6.45) is 0.119. The molecule has 1 saturated heterocycles. The predicted molar refractivity (Wildman–Crippen MR) is 90.9 cm³/mol. The second-order valence-electron chi connectivity index (χ2n) is 4.96. The van der Waals surface area contributed by atoms with Crippen molar-refractivity contribution >= 4 is 40.0 Å². The number of nitrogens with zero attached hydrogens (tertiary/aromatic N) is 2. The Labute approximate surface area is 138 Å². The largest absolute Gasteiger partial charge is 0.375 e.